The van der Waals surface area contributed by atoms with E-state index in [0.29, 0.717) is 4.77 Å². The Morgan fingerprint density at radius 1 is 1.28 bits per heavy atom. The van der Waals surface area contributed by atoms with Crippen LogP contribution in [0.2, 0.25) is 0 Å². The lowest BCUT2D eigenvalue weighted by Gasteiger charge is -2.23. The predicted octanol–water partition coefficient (Wildman–Crippen LogP) is 4.04. The normalized spacial score (nSPS) is 11.7. The molecule has 2 rings (SSSR count). The van der Waals surface area contributed by atoms with Gasteiger partial charge in [0.15, 0.2) is 10.6 Å². The summed E-state index contributed by atoms with van der Waals surface area (Å²) < 4.78 is 2.78. The molecule has 0 aliphatic heterocycles. The van der Waals surface area contributed by atoms with Crippen LogP contribution in [0.5, 0.6) is 0 Å². The van der Waals surface area contributed by atoms with Crippen LogP contribution in [0.3, 0.4) is 0 Å². The Labute approximate surface area is 113 Å². The first-order chi connectivity index (χ1) is 8.53. The number of hydrogen-bond acceptors (Lipinski definition) is 2. The minimum absolute atomic E-state index is 0.214. The average Bonchev–Trinajstić information content (AvgIpc) is 2.72. The van der Waals surface area contributed by atoms with E-state index >= 15 is 0 Å². The predicted molar refractivity (Wildman–Crippen MR) is 76.9 cm³/mol. The van der Waals surface area contributed by atoms with Crippen molar-refractivity contribution in [2.24, 2.45) is 5.41 Å². The molecule has 96 valence electrons. The summed E-state index contributed by atoms with van der Waals surface area (Å²) in [5, 5.41) is 7.25. The topological polar surface area (TPSA) is 33.6 Å². The Morgan fingerprint density at radius 3 is 2.56 bits per heavy atom. The highest BCUT2D eigenvalue weighted by molar-refractivity contribution is 7.71. The Hall–Kier alpha value is -1.42. The molecule has 0 aliphatic carbocycles. The molecule has 1 aromatic carbocycles. The van der Waals surface area contributed by atoms with Gasteiger partial charge in [-0.2, -0.15) is 5.10 Å². The molecule has 0 fully saturated rings. The Balaban J connectivity index is 2.43. The van der Waals surface area contributed by atoms with E-state index in [9.17, 15) is 0 Å². The lowest BCUT2D eigenvalue weighted by molar-refractivity contribution is 0.294. The van der Waals surface area contributed by atoms with Gasteiger partial charge in [0, 0.05) is 12.1 Å². The fourth-order valence-electron chi connectivity index (χ4n) is 1.81. The molecule has 1 N–H and O–H groups in total. The highest BCUT2D eigenvalue weighted by atomic mass is 32.1. The second-order valence-electron chi connectivity index (χ2n) is 5.32. The summed E-state index contributed by atoms with van der Waals surface area (Å²) in [5.74, 6) is 0.919. The molecule has 0 amide bonds. The monoisotopic (exact) mass is 261 g/mol. The fourth-order valence-corrected chi connectivity index (χ4v) is 2.01. The van der Waals surface area contributed by atoms with Crippen molar-refractivity contribution in [2.75, 3.05) is 0 Å². The summed E-state index contributed by atoms with van der Waals surface area (Å²) in [6.07, 6.45) is 1.11. The molecule has 0 atom stereocenters. The smallest absolute Gasteiger partial charge is 0.195 e. The van der Waals surface area contributed by atoms with E-state index in [0.717, 1.165) is 24.4 Å². The maximum absolute atomic E-state index is 5.33. The van der Waals surface area contributed by atoms with Gasteiger partial charge < -0.3 is 0 Å². The zero-order chi connectivity index (χ0) is 13.2. The Bertz CT molecular complexity index is 566. The summed E-state index contributed by atoms with van der Waals surface area (Å²) >= 11 is 5.33. The van der Waals surface area contributed by atoms with Gasteiger partial charge in [-0.1, -0.05) is 51.1 Å². The van der Waals surface area contributed by atoms with E-state index in [1.807, 2.05) is 18.2 Å². The largest absolute Gasteiger partial charge is 0.300 e. The third kappa shape index (κ3) is 2.70. The van der Waals surface area contributed by atoms with Gasteiger partial charge in [0.25, 0.3) is 0 Å². The van der Waals surface area contributed by atoms with Gasteiger partial charge >= 0.3 is 0 Å². The number of H-pyrrole nitrogens is 1. The van der Waals surface area contributed by atoms with Crippen molar-refractivity contribution in [3.05, 3.63) is 35.1 Å². The molecule has 1 heterocycles. The first-order valence-electron chi connectivity index (χ1n) is 6.24. The van der Waals surface area contributed by atoms with Gasteiger partial charge in [0.05, 0.1) is 0 Å². The van der Waals surface area contributed by atoms with Crippen LogP contribution < -0.4 is 0 Å². The lowest BCUT2D eigenvalue weighted by atomic mass is 9.90. The molecular formula is C14H19N3S. The van der Waals surface area contributed by atoms with Gasteiger partial charge in [-0.05, 0) is 24.1 Å². The molecular weight excluding hydrogens is 242 g/mol. The number of nitrogens with zero attached hydrogens (tertiary/aromatic N) is 2. The van der Waals surface area contributed by atoms with Crippen molar-refractivity contribution in [3.8, 4) is 11.4 Å². The van der Waals surface area contributed by atoms with Crippen molar-refractivity contribution in [3.63, 3.8) is 0 Å². The van der Waals surface area contributed by atoms with Crippen molar-refractivity contribution in [2.45, 2.75) is 33.7 Å². The summed E-state index contributed by atoms with van der Waals surface area (Å²) in [6.45, 7) is 7.57. The number of hydrogen-bond donors (Lipinski definition) is 1. The molecule has 0 saturated heterocycles. The van der Waals surface area contributed by atoms with E-state index in [4.69, 9.17) is 12.2 Å². The van der Waals surface area contributed by atoms with Gasteiger partial charge in [-0.15, -0.1) is 0 Å². The van der Waals surface area contributed by atoms with Crippen LogP contribution in [0.4, 0.5) is 0 Å². The first-order valence-corrected chi connectivity index (χ1v) is 6.65. The third-order valence-corrected chi connectivity index (χ3v) is 3.65. The number of aromatic nitrogens is 3. The van der Waals surface area contributed by atoms with Crippen LogP contribution in [-0.2, 0) is 6.54 Å². The molecule has 0 saturated carbocycles. The van der Waals surface area contributed by atoms with Crippen molar-refractivity contribution < 1.29 is 0 Å². The van der Waals surface area contributed by atoms with Crippen LogP contribution in [0.1, 0.15) is 27.2 Å². The van der Waals surface area contributed by atoms with Crippen molar-refractivity contribution in [1.29, 1.82) is 0 Å². The van der Waals surface area contributed by atoms with Crippen molar-refractivity contribution in [1.82, 2.24) is 14.8 Å². The Morgan fingerprint density at radius 2 is 1.94 bits per heavy atom. The van der Waals surface area contributed by atoms with E-state index in [1.54, 1.807) is 0 Å². The quantitative estimate of drug-likeness (QED) is 0.843. The van der Waals surface area contributed by atoms with E-state index in [-0.39, 0.29) is 5.41 Å². The number of benzene rings is 1. The van der Waals surface area contributed by atoms with Crippen LogP contribution >= 0.6 is 12.2 Å². The fraction of sp³-hybridized carbons (Fsp3) is 0.429. The standard InChI is InChI=1S/C14H19N3S/c1-4-14(2,3)10-17-12(15-16-13(17)18)11-8-6-5-7-9-11/h5-9H,4,10H2,1-3H3,(H,16,18). The summed E-state index contributed by atoms with van der Waals surface area (Å²) in [5.41, 5.74) is 1.31. The summed E-state index contributed by atoms with van der Waals surface area (Å²) in [4.78, 5) is 0. The molecule has 18 heavy (non-hydrogen) atoms. The molecule has 0 bridgehead atoms. The Kier molecular flexibility index (Phi) is 3.66. The van der Waals surface area contributed by atoms with Gasteiger partial charge in [-0.25, -0.2) is 0 Å². The molecule has 0 aliphatic rings. The minimum atomic E-state index is 0.214. The highest BCUT2D eigenvalue weighted by Gasteiger charge is 2.19. The second-order valence-corrected chi connectivity index (χ2v) is 5.71. The molecule has 4 heteroatoms. The zero-order valence-corrected chi connectivity index (χ0v) is 11.9. The van der Waals surface area contributed by atoms with Crippen LogP contribution in [0.15, 0.2) is 30.3 Å². The van der Waals surface area contributed by atoms with Crippen LogP contribution in [0.25, 0.3) is 11.4 Å². The minimum Gasteiger partial charge on any atom is -0.300 e. The molecule has 1 aromatic heterocycles. The molecule has 0 unspecified atom stereocenters. The molecule has 0 radical (unpaired) electrons. The van der Waals surface area contributed by atoms with Gasteiger partial charge in [0.1, 0.15) is 0 Å². The zero-order valence-electron chi connectivity index (χ0n) is 11.1. The highest BCUT2D eigenvalue weighted by Crippen LogP contribution is 2.25. The van der Waals surface area contributed by atoms with Crippen LogP contribution in [0, 0.1) is 10.2 Å². The van der Waals surface area contributed by atoms with Crippen LogP contribution in [-0.4, -0.2) is 14.8 Å². The van der Waals surface area contributed by atoms with E-state index < -0.39 is 0 Å². The van der Waals surface area contributed by atoms with E-state index in [1.165, 1.54) is 0 Å². The second kappa shape index (κ2) is 5.06. The van der Waals surface area contributed by atoms with Gasteiger partial charge in [0.2, 0.25) is 0 Å². The third-order valence-electron chi connectivity index (χ3n) is 3.33. The maximum Gasteiger partial charge on any atom is 0.195 e. The van der Waals surface area contributed by atoms with Gasteiger partial charge in [-0.3, -0.25) is 9.67 Å². The molecule has 2 aromatic rings. The summed E-state index contributed by atoms with van der Waals surface area (Å²) in [6, 6.07) is 10.1. The van der Waals surface area contributed by atoms with E-state index in [2.05, 4.69) is 47.7 Å². The lowest BCUT2D eigenvalue weighted by Crippen LogP contribution is -2.19. The van der Waals surface area contributed by atoms with Crippen molar-refractivity contribution >= 4 is 12.2 Å². The first kappa shape index (κ1) is 13.0. The average molecular weight is 261 g/mol. The maximum atomic E-state index is 5.33. The summed E-state index contributed by atoms with van der Waals surface area (Å²) in [7, 11) is 0. The molecule has 0 spiro atoms. The number of aromatic amines is 1. The number of nitrogens with one attached hydrogen (secondary N) is 1. The SMILES string of the molecule is CCC(C)(C)Cn1c(-c2ccccc2)n[nH]c1=S. The number of rotatable bonds is 4. The molecule has 3 nitrogen and oxygen atoms in total.